The highest BCUT2D eigenvalue weighted by Crippen LogP contribution is 2.47. The summed E-state index contributed by atoms with van der Waals surface area (Å²) in [5.74, 6) is 0.843. The van der Waals surface area contributed by atoms with Gasteiger partial charge < -0.3 is 24.6 Å². The highest BCUT2D eigenvalue weighted by atomic mass is 19.1. The van der Waals surface area contributed by atoms with Crippen LogP contribution in [0.2, 0.25) is 0 Å². The molecule has 8 nitrogen and oxygen atoms in total. The Kier molecular flexibility index (Phi) is 8.57. The second kappa shape index (κ2) is 12.3. The first-order valence-corrected chi connectivity index (χ1v) is 16.3. The van der Waals surface area contributed by atoms with Gasteiger partial charge in [0.25, 0.3) is 0 Å². The molecule has 1 amide bonds. The molecule has 6 rings (SSSR count). The first-order chi connectivity index (χ1) is 21.9. The van der Waals surface area contributed by atoms with Crippen LogP contribution >= 0.6 is 0 Å². The molecule has 3 aromatic rings. The fourth-order valence-electron chi connectivity index (χ4n) is 6.45. The third kappa shape index (κ3) is 6.47. The number of pyridine rings is 1. The molecule has 1 aliphatic heterocycles. The number of carbonyl (C=O) groups is 2. The van der Waals surface area contributed by atoms with Crippen LogP contribution in [0.3, 0.4) is 0 Å². The molecule has 0 spiro atoms. The zero-order chi connectivity index (χ0) is 32.7. The lowest BCUT2D eigenvalue weighted by molar-refractivity contribution is -0.128. The quantitative estimate of drug-likeness (QED) is 0.225. The molecule has 2 atom stereocenters. The maximum atomic E-state index is 14.0. The minimum absolute atomic E-state index is 0.0379. The van der Waals surface area contributed by atoms with Crippen molar-refractivity contribution in [2.24, 2.45) is 0 Å². The zero-order valence-corrected chi connectivity index (χ0v) is 27.1. The van der Waals surface area contributed by atoms with Gasteiger partial charge in [-0.05, 0) is 101 Å². The normalized spacial score (nSPS) is 21.4. The summed E-state index contributed by atoms with van der Waals surface area (Å²) in [7, 11) is 1.54. The zero-order valence-electron chi connectivity index (χ0n) is 27.1. The summed E-state index contributed by atoms with van der Waals surface area (Å²) in [5, 5.41) is 15.1. The standard InChI is InChI=1S/C37H43FN2O6/c1-35(17-6-5-7-18-35)40-34(42)36(2)22-45-33-27(36)21-31(39-32(33)23-8-11-25(38)12-9-23)37(3,43)19-16-28(41)24-10-15-29(30(20-24)44-4)46-26-13-14-26/h8-12,15,20-21,26,43H,5-7,13-14,16-19,22H2,1-4H3,(H,40,42)/t36-,37-/m0/s1. The second-order valence-corrected chi connectivity index (χ2v) is 13.8. The third-order valence-electron chi connectivity index (χ3n) is 9.76. The molecule has 244 valence electrons. The molecule has 2 saturated carbocycles. The van der Waals surface area contributed by atoms with E-state index in [1.165, 1.54) is 12.1 Å². The maximum Gasteiger partial charge on any atom is 0.234 e. The number of carbonyl (C=O) groups excluding carboxylic acids is 2. The molecule has 1 aromatic heterocycles. The Morgan fingerprint density at radius 2 is 1.78 bits per heavy atom. The van der Waals surface area contributed by atoms with E-state index in [1.54, 1.807) is 50.4 Å². The predicted molar refractivity (Wildman–Crippen MR) is 172 cm³/mol. The van der Waals surface area contributed by atoms with Gasteiger partial charge in [0.2, 0.25) is 5.91 Å². The van der Waals surface area contributed by atoms with Gasteiger partial charge in [-0.1, -0.05) is 19.3 Å². The Morgan fingerprint density at radius 1 is 1.07 bits per heavy atom. The highest BCUT2D eigenvalue weighted by molar-refractivity contribution is 5.96. The average molecular weight is 631 g/mol. The molecule has 2 fully saturated rings. The van der Waals surface area contributed by atoms with E-state index >= 15 is 0 Å². The minimum atomic E-state index is -1.53. The van der Waals surface area contributed by atoms with Crippen molar-refractivity contribution in [1.29, 1.82) is 0 Å². The Hall–Kier alpha value is -3.98. The number of benzene rings is 2. The fraction of sp³-hybridized carbons (Fsp3) is 0.486. The monoisotopic (exact) mass is 630 g/mol. The van der Waals surface area contributed by atoms with Crippen LogP contribution in [0, 0.1) is 5.82 Å². The molecule has 0 bridgehead atoms. The number of ether oxygens (including phenoxy) is 3. The fourth-order valence-corrected chi connectivity index (χ4v) is 6.45. The third-order valence-corrected chi connectivity index (χ3v) is 9.76. The van der Waals surface area contributed by atoms with Crippen LogP contribution in [0.4, 0.5) is 4.39 Å². The first kappa shape index (κ1) is 32.0. The lowest BCUT2D eigenvalue weighted by atomic mass is 9.78. The number of hydrogen-bond donors (Lipinski definition) is 2. The molecule has 2 heterocycles. The summed E-state index contributed by atoms with van der Waals surface area (Å²) in [5.41, 5.74) is -0.505. The van der Waals surface area contributed by atoms with Crippen LogP contribution < -0.4 is 19.5 Å². The average Bonchev–Trinajstić information content (AvgIpc) is 3.80. The molecule has 0 saturated heterocycles. The lowest BCUT2D eigenvalue weighted by Gasteiger charge is -2.37. The number of nitrogens with zero attached hydrogens (tertiary/aromatic N) is 1. The highest BCUT2D eigenvalue weighted by Gasteiger charge is 2.47. The van der Waals surface area contributed by atoms with Crippen LogP contribution in [0.15, 0.2) is 48.5 Å². The topological polar surface area (TPSA) is 107 Å². The summed E-state index contributed by atoms with van der Waals surface area (Å²) in [6.45, 7) is 5.66. The summed E-state index contributed by atoms with van der Waals surface area (Å²) >= 11 is 0. The van der Waals surface area contributed by atoms with E-state index in [9.17, 15) is 19.1 Å². The number of aliphatic hydroxyl groups is 1. The van der Waals surface area contributed by atoms with Crippen LogP contribution in [0.1, 0.15) is 100 Å². The van der Waals surface area contributed by atoms with Gasteiger partial charge in [0, 0.05) is 28.7 Å². The molecule has 0 unspecified atom stereocenters. The number of methoxy groups -OCH3 is 1. The molecular formula is C37H43FN2O6. The van der Waals surface area contributed by atoms with E-state index in [2.05, 4.69) is 12.2 Å². The molecule has 3 aliphatic rings. The molecule has 0 radical (unpaired) electrons. The van der Waals surface area contributed by atoms with Crippen molar-refractivity contribution in [3.8, 4) is 28.5 Å². The van der Waals surface area contributed by atoms with Gasteiger partial charge in [0.1, 0.15) is 34.9 Å². The SMILES string of the molecule is COc1cc(C(=O)CC[C@](C)(O)c2cc3c(c(-c4ccc(F)cc4)n2)OC[C@]3(C)C(=O)NC2(C)CCCCC2)ccc1OC1CC1. The van der Waals surface area contributed by atoms with E-state index in [4.69, 9.17) is 19.2 Å². The van der Waals surface area contributed by atoms with Crippen LogP contribution in [-0.4, -0.2) is 47.1 Å². The number of rotatable bonds is 11. The molecule has 2 aliphatic carbocycles. The van der Waals surface area contributed by atoms with Crippen LogP contribution in [-0.2, 0) is 15.8 Å². The Balaban J connectivity index is 1.29. The Bertz CT molecular complexity index is 1630. The van der Waals surface area contributed by atoms with Gasteiger partial charge in [-0.3, -0.25) is 9.59 Å². The van der Waals surface area contributed by atoms with Gasteiger partial charge in [0.05, 0.1) is 18.9 Å². The van der Waals surface area contributed by atoms with Crippen molar-refractivity contribution >= 4 is 11.7 Å². The predicted octanol–water partition coefficient (Wildman–Crippen LogP) is 6.80. The maximum absolute atomic E-state index is 14.0. The summed E-state index contributed by atoms with van der Waals surface area (Å²) in [4.78, 5) is 32.1. The number of aromatic nitrogens is 1. The second-order valence-electron chi connectivity index (χ2n) is 13.8. The first-order valence-electron chi connectivity index (χ1n) is 16.3. The van der Waals surface area contributed by atoms with Crippen molar-refractivity contribution < 1.29 is 33.3 Å². The van der Waals surface area contributed by atoms with E-state index < -0.39 is 16.8 Å². The van der Waals surface area contributed by atoms with Crippen molar-refractivity contribution in [2.75, 3.05) is 13.7 Å². The van der Waals surface area contributed by atoms with E-state index in [0.717, 1.165) is 44.9 Å². The van der Waals surface area contributed by atoms with E-state index in [-0.39, 0.29) is 42.8 Å². The number of hydrogen-bond acceptors (Lipinski definition) is 7. The molecule has 2 aromatic carbocycles. The van der Waals surface area contributed by atoms with Crippen LogP contribution in [0.25, 0.3) is 11.3 Å². The molecule has 46 heavy (non-hydrogen) atoms. The summed E-state index contributed by atoms with van der Waals surface area (Å²) < 4.78 is 31.4. The summed E-state index contributed by atoms with van der Waals surface area (Å²) in [6, 6.07) is 12.8. The van der Waals surface area contributed by atoms with Crippen molar-refractivity contribution in [3.05, 3.63) is 71.2 Å². The number of nitrogens with one attached hydrogen (secondary N) is 1. The largest absolute Gasteiger partial charge is 0.493 e. The molecular weight excluding hydrogens is 587 g/mol. The Labute approximate surface area is 269 Å². The van der Waals surface area contributed by atoms with Crippen LogP contribution in [0.5, 0.6) is 17.2 Å². The van der Waals surface area contributed by atoms with Crippen molar-refractivity contribution in [1.82, 2.24) is 10.3 Å². The van der Waals surface area contributed by atoms with E-state index in [1.807, 2.05) is 6.92 Å². The number of amides is 1. The van der Waals surface area contributed by atoms with Gasteiger partial charge in [0.15, 0.2) is 17.3 Å². The smallest absolute Gasteiger partial charge is 0.234 e. The molecule has 9 heteroatoms. The van der Waals surface area contributed by atoms with Gasteiger partial charge in [-0.2, -0.15) is 0 Å². The van der Waals surface area contributed by atoms with Gasteiger partial charge >= 0.3 is 0 Å². The Morgan fingerprint density at radius 3 is 2.46 bits per heavy atom. The van der Waals surface area contributed by atoms with E-state index in [0.29, 0.717) is 45.3 Å². The van der Waals surface area contributed by atoms with Crippen molar-refractivity contribution in [2.45, 2.75) is 101 Å². The van der Waals surface area contributed by atoms with Gasteiger partial charge in [-0.25, -0.2) is 9.37 Å². The molecule has 2 N–H and O–H groups in total. The minimum Gasteiger partial charge on any atom is -0.493 e. The number of fused-ring (bicyclic) bond motifs is 1. The number of ketones is 1. The number of halogens is 1. The number of Topliss-reactive ketones (excluding diaryl/α,β-unsaturated/α-hetero) is 1. The lowest BCUT2D eigenvalue weighted by Crippen LogP contribution is -2.54. The van der Waals surface area contributed by atoms with Gasteiger partial charge in [-0.15, -0.1) is 0 Å². The van der Waals surface area contributed by atoms with Crippen molar-refractivity contribution in [3.63, 3.8) is 0 Å². The summed E-state index contributed by atoms with van der Waals surface area (Å²) in [6.07, 6.45) is 7.44.